The minimum atomic E-state index is -3.64. The van der Waals surface area contributed by atoms with Crippen LogP contribution in [0.5, 0.6) is 0 Å². The lowest BCUT2D eigenvalue weighted by Gasteiger charge is -2.40. The SMILES string of the molecule is Cl.O=C1c2ccccc2S(=O)(=O)NC1CCCN1CCN(C(c2ccccc2)c2ccccc2)CC1. The first-order valence-corrected chi connectivity index (χ1v) is 13.7. The number of hydrogen-bond donors (Lipinski definition) is 1. The van der Waals surface area contributed by atoms with Crippen LogP contribution < -0.4 is 4.72 Å². The average molecular weight is 526 g/mol. The minimum absolute atomic E-state index is 0. The van der Waals surface area contributed by atoms with Gasteiger partial charge in [0, 0.05) is 31.7 Å². The lowest BCUT2D eigenvalue weighted by molar-refractivity contribution is 0.0924. The maximum absolute atomic E-state index is 12.8. The number of carbonyl (C=O) groups excluding carboxylic acids is 1. The molecule has 3 aromatic rings. The molecule has 0 saturated carbocycles. The minimum Gasteiger partial charge on any atom is -0.301 e. The van der Waals surface area contributed by atoms with Crippen LogP contribution in [0.3, 0.4) is 0 Å². The van der Waals surface area contributed by atoms with Gasteiger partial charge in [-0.15, -0.1) is 12.4 Å². The van der Waals surface area contributed by atoms with E-state index in [0.29, 0.717) is 12.0 Å². The third kappa shape index (κ3) is 5.71. The highest BCUT2D eigenvalue weighted by Gasteiger charge is 2.35. The summed E-state index contributed by atoms with van der Waals surface area (Å²) < 4.78 is 27.7. The summed E-state index contributed by atoms with van der Waals surface area (Å²) in [6, 6.07) is 27.3. The summed E-state index contributed by atoms with van der Waals surface area (Å²) in [6.45, 7) is 4.66. The third-order valence-electron chi connectivity index (χ3n) is 7.03. The first-order chi connectivity index (χ1) is 17.0. The van der Waals surface area contributed by atoms with Crippen LogP contribution in [0.1, 0.15) is 40.4 Å². The standard InChI is InChI=1S/C28H31N3O3S.ClH/c32-28-24-14-7-8-16-26(24)35(33,34)29-25(28)15-9-17-30-18-20-31(21-19-30)27(22-10-3-1-4-11-22)23-12-5-2-6-13-23;/h1-8,10-14,16,25,27,29H,9,15,17-21H2;1H. The van der Waals surface area contributed by atoms with Crippen LogP contribution >= 0.6 is 12.4 Å². The van der Waals surface area contributed by atoms with Crippen molar-refractivity contribution in [3.8, 4) is 0 Å². The highest BCUT2D eigenvalue weighted by Crippen LogP contribution is 2.29. The predicted octanol–water partition coefficient (Wildman–Crippen LogP) is 4.14. The Balaban J connectivity index is 0.00000304. The molecule has 8 heteroatoms. The Hall–Kier alpha value is -2.55. The van der Waals surface area contributed by atoms with Gasteiger partial charge in [0.15, 0.2) is 5.78 Å². The fourth-order valence-electron chi connectivity index (χ4n) is 5.24. The molecule has 190 valence electrons. The summed E-state index contributed by atoms with van der Waals surface area (Å²) >= 11 is 0. The van der Waals surface area contributed by atoms with Gasteiger partial charge in [-0.1, -0.05) is 72.8 Å². The van der Waals surface area contributed by atoms with Crippen molar-refractivity contribution >= 4 is 28.2 Å². The molecule has 0 radical (unpaired) electrons. The summed E-state index contributed by atoms with van der Waals surface area (Å²) in [5, 5.41) is 0. The van der Waals surface area contributed by atoms with E-state index < -0.39 is 16.1 Å². The van der Waals surface area contributed by atoms with Gasteiger partial charge in [0.25, 0.3) is 0 Å². The third-order valence-corrected chi connectivity index (χ3v) is 8.56. The summed E-state index contributed by atoms with van der Waals surface area (Å²) in [5.41, 5.74) is 2.91. The van der Waals surface area contributed by atoms with Gasteiger partial charge < -0.3 is 4.90 Å². The van der Waals surface area contributed by atoms with E-state index in [4.69, 9.17) is 0 Å². The highest BCUT2D eigenvalue weighted by molar-refractivity contribution is 7.89. The number of rotatable bonds is 7. The zero-order chi connectivity index (χ0) is 24.3. The molecule has 2 aliphatic heterocycles. The molecule has 0 spiro atoms. The van der Waals surface area contributed by atoms with Gasteiger partial charge in [0.05, 0.1) is 17.0 Å². The molecule has 1 unspecified atom stereocenters. The molecule has 0 amide bonds. The van der Waals surface area contributed by atoms with Crippen molar-refractivity contribution in [1.29, 1.82) is 0 Å². The molecular weight excluding hydrogens is 494 g/mol. The lowest BCUT2D eigenvalue weighted by Crippen LogP contribution is -2.49. The lowest BCUT2D eigenvalue weighted by atomic mass is 9.96. The Kier molecular flexibility index (Phi) is 8.59. The monoisotopic (exact) mass is 525 g/mol. The van der Waals surface area contributed by atoms with E-state index in [1.807, 2.05) is 0 Å². The smallest absolute Gasteiger partial charge is 0.241 e. The van der Waals surface area contributed by atoms with Crippen molar-refractivity contribution in [2.45, 2.75) is 29.8 Å². The number of fused-ring (bicyclic) bond motifs is 1. The van der Waals surface area contributed by atoms with Gasteiger partial charge in [-0.25, -0.2) is 13.1 Å². The van der Waals surface area contributed by atoms with E-state index in [-0.39, 0.29) is 29.1 Å². The Morgan fingerprint density at radius 2 is 1.36 bits per heavy atom. The van der Waals surface area contributed by atoms with Crippen LogP contribution in [-0.4, -0.2) is 62.8 Å². The maximum Gasteiger partial charge on any atom is 0.241 e. The van der Waals surface area contributed by atoms with E-state index >= 15 is 0 Å². The van der Waals surface area contributed by atoms with E-state index in [0.717, 1.165) is 39.1 Å². The number of hydrogen-bond acceptors (Lipinski definition) is 5. The Morgan fingerprint density at radius 1 is 0.806 bits per heavy atom. The number of nitrogens with zero attached hydrogens (tertiary/aromatic N) is 2. The van der Waals surface area contributed by atoms with E-state index in [1.165, 1.54) is 17.2 Å². The second-order valence-corrected chi connectivity index (χ2v) is 11.0. The van der Waals surface area contributed by atoms with Crippen molar-refractivity contribution in [2.75, 3.05) is 32.7 Å². The fourth-order valence-corrected chi connectivity index (χ4v) is 6.68. The summed E-state index contributed by atoms with van der Waals surface area (Å²) in [4.78, 5) is 17.9. The number of carbonyl (C=O) groups is 1. The molecule has 1 fully saturated rings. The van der Waals surface area contributed by atoms with Gasteiger partial charge in [-0.2, -0.15) is 0 Å². The first-order valence-electron chi connectivity index (χ1n) is 12.2. The van der Waals surface area contributed by atoms with Crippen molar-refractivity contribution in [2.24, 2.45) is 0 Å². The Morgan fingerprint density at radius 3 is 1.97 bits per heavy atom. The second-order valence-electron chi connectivity index (χ2n) is 9.28. The second kappa shape index (κ2) is 11.7. The zero-order valence-corrected chi connectivity index (χ0v) is 21.8. The van der Waals surface area contributed by atoms with E-state index in [9.17, 15) is 13.2 Å². The van der Waals surface area contributed by atoms with Crippen molar-refractivity contribution in [3.63, 3.8) is 0 Å². The fraction of sp³-hybridized carbons (Fsp3) is 0.321. The van der Waals surface area contributed by atoms with E-state index in [1.54, 1.807) is 18.2 Å². The summed E-state index contributed by atoms with van der Waals surface area (Å²) in [6.07, 6.45) is 1.27. The Labute approximate surface area is 219 Å². The van der Waals surface area contributed by atoms with Gasteiger partial charge in [-0.3, -0.25) is 9.69 Å². The molecule has 36 heavy (non-hydrogen) atoms. The predicted molar refractivity (Wildman–Crippen MR) is 144 cm³/mol. The van der Waals surface area contributed by atoms with Crippen LogP contribution in [0.25, 0.3) is 0 Å². The van der Waals surface area contributed by atoms with Crippen LogP contribution in [0.15, 0.2) is 89.8 Å². The van der Waals surface area contributed by atoms with Crippen LogP contribution in [-0.2, 0) is 10.0 Å². The maximum atomic E-state index is 12.8. The largest absolute Gasteiger partial charge is 0.301 e. The molecule has 3 aromatic carbocycles. The van der Waals surface area contributed by atoms with Gasteiger partial charge in [-0.05, 0) is 42.6 Å². The molecular formula is C28H32ClN3O3S. The van der Waals surface area contributed by atoms with Gasteiger partial charge in [0.1, 0.15) is 0 Å². The normalized spacial score (nSPS) is 20.0. The van der Waals surface area contributed by atoms with Crippen LogP contribution in [0.4, 0.5) is 0 Å². The van der Waals surface area contributed by atoms with Gasteiger partial charge >= 0.3 is 0 Å². The van der Waals surface area contributed by atoms with Crippen LogP contribution in [0, 0.1) is 0 Å². The highest BCUT2D eigenvalue weighted by atomic mass is 35.5. The molecule has 2 aliphatic rings. The number of ketones is 1. The number of sulfonamides is 1. The Bertz CT molecular complexity index is 1220. The molecule has 1 N–H and O–H groups in total. The zero-order valence-electron chi connectivity index (χ0n) is 20.1. The number of nitrogens with one attached hydrogen (secondary N) is 1. The van der Waals surface area contributed by atoms with Crippen molar-refractivity contribution < 1.29 is 13.2 Å². The number of piperazine rings is 1. The molecule has 1 saturated heterocycles. The van der Waals surface area contributed by atoms with Gasteiger partial charge in [0.2, 0.25) is 10.0 Å². The molecule has 5 rings (SSSR count). The summed E-state index contributed by atoms with van der Waals surface area (Å²) in [7, 11) is -3.64. The summed E-state index contributed by atoms with van der Waals surface area (Å²) in [5.74, 6) is -0.131. The quantitative estimate of drug-likeness (QED) is 0.502. The topological polar surface area (TPSA) is 69.7 Å². The molecule has 0 aromatic heterocycles. The number of benzene rings is 3. The molecule has 1 atom stereocenters. The number of Topliss-reactive ketones (excluding diaryl/α,β-unsaturated/α-hetero) is 1. The molecule has 0 bridgehead atoms. The number of halogens is 1. The average Bonchev–Trinajstić information content (AvgIpc) is 2.89. The van der Waals surface area contributed by atoms with Crippen molar-refractivity contribution in [3.05, 3.63) is 102 Å². The molecule has 0 aliphatic carbocycles. The van der Waals surface area contributed by atoms with E-state index in [2.05, 4.69) is 75.2 Å². The molecule has 2 heterocycles. The first kappa shape index (κ1) is 26.5. The van der Waals surface area contributed by atoms with Crippen LogP contribution in [0.2, 0.25) is 0 Å². The molecule has 6 nitrogen and oxygen atoms in total. The van der Waals surface area contributed by atoms with Crippen molar-refractivity contribution in [1.82, 2.24) is 14.5 Å².